The molecule has 0 aliphatic heterocycles. The number of rotatable bonds is 7. The lowest BCUT2D eigenvalue weighted by Gasteiger charge is -2.22. The first-order valence-corrected chi connectivity index (χ1v) is 13.7. The molecule has 1 rings (SSSR count). The number of aromatic nitrogens is 2. The zero-order valence-corrected chi connectivity index (χ0v) is 21.6. The lowest BCUT2D eigenvalue weighted by molar-refractivity contribution is -0.694. The molecular formula is C10H11Br4F6N3O4S2. The van der Waals surface area contributed by atoms with Crippen molar-refractivity contribution in [1.82, 2.24) is 4.57 Å². The van der Waals surface area contributed by atoms with E-state index in [0.717, 1.165) is 21.3 Å². The fourth-order valence-electron chi connectivity index (χ4n) is 1.26. The second-order valence-electron chi connectivity index (χ2n) is 4.81. The van der Waals surface area contributed by atoms with Crippen LogP contribution < -0.4 is 4.57 Å². The summed E-state index contributed by atoms with van der Waals surface area (Å²) in [4.78, 5) is 0.794. The molecule has 1 heterocycles. The summed E-state index contributed by atoms with van der Waals surface area (Å²) >= 11 is 14.0. The van der Waals surface area contributed by atoms with E-state index in [0.29, 0.717) is 9.78 Å². The number of hydrogen-bond acceptors (Lipinski definition) is 4. The van der Waals surface area contributed by atoms with Crippen LogP contribution in [0.4, 0.5) is 26.3 Å². The Kier molecular flexibility index (Phi) is 11.7. The molecule has 0 saturated carbocycles. The van der Waals surface area contributed by atoms with E-state index in [1.54, 1.807) is 0 Å². The summed E-state index contributed by atoms with van der Waals surface area (Å²) in [6.07, 6.45) is 6.24. The van der Waals surface area contributed by atoms with Crippen LogP contribution >= 0.6 is 63.7 Å². The van der Waals surface area contributed by atoms with Crippen molar-refractivity contribution in [3.8, 4) is 0 Å². The lowest BCUT2D eigenvalue weighted by Crippen LogP contribution is -2.36. The van der Waals surface area contributed by atoms with Crippen LogP contribution in [0.3, 0.4) is 0 Å². The molecule has 0 aliphatic carbocycles. The Hall–Kier alpha value is 0.570. The van der Waals surface area contributed by atoms with Gasteiger partial charge in [-0.25, -0.2) is 26.0 Å². The second kappa shape index (κ2) is 11.4. The fourth-order valence-corrected chi connectivity index (χ4v) is 4.08. The van der Waals surface area contributed by atoms with Crippen LogP contribution in [-0.2, 0) is 26.6 Å². The normalized spacial score (nSPS) is 15.4. The third-order valence-electron chi connectivity index (χ3n) is 2.52. The summed E-state index contributed by atoms with van der Waals surface area (Å²) in [7, 11) is -13.4. The van der Waals surface area contributed by atoms with Gasteiger partial charge >= 0.3 is 11.0 Å². The maximum atomic E-state index is 11.4. The van der Waals surface area contributed by atoms with Gasteiger partial charge in [0.25, 0.3) is 0 Å². The average molecular weight is 735 g/mol. The van der Waals surface area contributed by atoms with Crippen molar-refractivity contribution in [2.24, 2.45) is 0 Å². The molecule has 1 aromatic heterocycles. The molecule has 0 bridgehead atoms. The number of alkyl halides is 10. The number of halogens is 10. The van der Waals surface area contributed by atoms with Crippen molar-refractivity contribution < 1.29 is 47.7 Å². The third kappa shape index (κ3) is 9.71. The Morgan fingerprint density at radius 1 is 0.931 bits per heavy atom. The van der Waals surface area contributed by atoms with E-state index in [9.17, 15) is 43.2 Å². The topological polar surface area (TPSA) is 91.2 Å². The minimum absolute atomic E-state index is 0.321. The van der Waals surface area contributed by atoms with Gasteiger partial charge in [0.05, 0.1) is 10.2 Å². The molecule has 0 aliphatic rings. The molecule has 0 N–H and O–H groups in total. The molecule has 0 aromatic carbocycles. The summed E-state index contributed by atoms with van der Waals surface area (Å²) in [6.45, 7) is 0.972. The second-order valence-corrected chi connectivity index (χ2v) is 11.9. The minimum Gasteiger partial charge on any atom is -0.421 e. The van der Waals surface area contributed by atoms with Crippen LogP contribution in [0.2, 0.25) is 0 Å². The highest BCUT2D eigenvalue weighted by molar-refractivity contribution is 9.12. The molecule has 2 unspecified atom stereocenters. The van der Waals surface area contributed by atoms with Crippen molar-refractivity contribution in [1.29, 1.82) is 0 Å². The average Bonchev–Trinajstić information content (AvgIpc) is 3.00. The highest BCUT2D eigenvalue weighted by Gasteiger charge is 2.46. The predicted molar refractivity (Wildman–Crippen MR) is 106 cm³/mol. The molecule has 1 aromatic rings. The lowest BCUT2D eigenvalue weighted by atomic mass is 10.5. The van der Waals surface area contributed by atoms with E-state index >= 15 is 0 Å². The van der Waals surface area contributed by atoms with E-state index in [1.807, 2.05) is 0 Å². The molecule has 172 valence electrons. The molecule has 0 fully saturated rings. The first-order valence-electron chi connectivity index (χ1n) is 6.71. The Labute approximate surface area is 195 Å². The quantitative estimate of drug-likeness (QED) is 0.238. The molecule has 0 spiro atoms. The monoisotopic (exact) mass is 731 g/mol. The number of imidazole rings is 1. The molecule has 29 heavy (non-hydrogen) atoms. The molecule has 0 radical (unpaired) electrons. The van der Waals surface area contributed by atoms with E-state index in [2.05, 4.69) is 91.6 Å². The Balaban J connectivity index is 0.000000541. The summed E-state index contributed by atoms with van der Waals surface area (Å²) in [6, 6.07) is 0. The predicted octanol–water partition coefficient (Wildman–Crippen LogP) is 4.28. The maximum absolute atomic E-state index is 11.4. The third-order valence-corrected chi connectivity index (χ3v) is 9.80. The van der Waals surface area contributed by atoms with Gasteiger partial charge in [0, 0.05) is 5.33 Å². The van der Waals surface area contributed by atoms with Crippen molar-refractivity contribution in [2.45, 2.75) is 27.3 Å². The Bertz CT molecular complexity index is 818. The van der Waals surface area contributed by atoms with Gasteiger partial charge in [-0.05, 0) is 15.9 Å². The first-order chi connectivity index (χ1) is 12.9. The molecule has 7 nitrogen and oxygen atoms in total. The minimum atomic E-state index is -6.72. The largest absolute Gasteiger partial charge is 0.480 e. The van der Waals surface area contributed by atoms with Gasteiger partial charge in [-0.15, -0.1) is 0 Å². The van der Waals surface area contributed by atoms with Gasteiger partial charge in [0.1, 0.15) is 18.9 Å². The van der Waals surface area contributed by atoms with Crippen LogP contribution in [0.25, 0.3) is 4.13 Å². The number of sulfonamides is 2. The zero-order valence-electron chi connectivity index (χ0n) is 13.6. The molecule has 0 amide bonds. The fraction of sp³-hybridized carbons (Fsp3) is 0.700. The van der Waals surface area contributed by atoms with Crippen LogP contribution in [0.15, 0.2) is 18.7 Å². The standard InChI is InChI=1S/C8H11Br4N2.C2F6NO4S2/c9-3-7(11)5-13-1-2-14(6-13)8(12)4-10;3-1(4,5)14(10,11)9-15(12,13)2(6,7)8/h1-2,6-8H,3-5H2;/q+1;-1. The van der Waals surface area contributed by atoms with Crippen molar-refractivity contribution >= 4 is 83.8 Å². The van der Waals surface area contributed by atoms with E-state index < -0.39 is 31.1 Å². The summed E-state index contributed by atoms with van der Waals surface area (Å²) in [5.41, 5.74) is -12.4. The van der Waals surface area contributed by atoms with Crippen LogP contribution in [-0.4, -0.2) is 47.9 Å². The summed E-state index contributed by atoms with van der Waals surface area (Å²) in [5, 5.41) is 1.86. The van der Waals surface area contributed by atoms with E-state index in [1.165, 1.54) is 0 Å². The molecule has 19 heteroatoms. The highest BCUT2D eigenvalue weighted by Crippen LogP contribution is 2.36. The number of nitrogens with zero attached hydrogens (tertiary/aromatic N) is 3. The Morgan fingerprint density at radius 2 is 1.38 bits per heavy atom. The van der Waals surface area contributed by atoms with Gasteiger partial charge in [0.15, 0.2) is 25.0 Å². The van der Waals surface area contributed by atoms with Gasteiger partial charge in [0.2, 0.25) is 6.33 Å². The first kappa shape index (κ1) is 29.6. The van der Waals surface area contributed by atoms with Gasteiger partial charge in [-0.3, -0.25) is 0 Å². The van der Waals surface area contributed by atoms with Crippen molar-refractivity contribution in [3.63, 3.8) is 0 Å². The SMILES string of the molecule is BrCC(Br)C[n+]1ccn(C(Br)CBr)c1.O=S(=O)([N-]S(=O)(=O)C(F)(F)F)C(F)(F)F. The van der Waals surface area contributed by atoms with Crippen molar-refractivity contribution in [2.75, 3.05) is 10.7 Å². The maximum Gasteiger partial charge on any atom is 0.480 e. The van der Waals surface area contributed by atoms with Crippen LogP contribution in [0.5, 0.6) is 0 Å². The Morgan fingerprint density at radius 3 is 1.72 bits per heavy atom. The van der Waals surface area contributed by atoms with Gasteiger partial charge < -0.3 is 4.13 Å². The summed E-state index contributed by atoms with van der Waals surface area (Å²) < 4.78 is 113. The van der Waals surface area contributed by atoms with Crippen LogP contribution in [0, 0.1) is 0 Å². The smallest absolute Gasteiger partial charge is 0.421 e. The molecule has 0 saturated heterocycles. The summed E-state index contributed by atoms with van der Waals surface area (Å²) in [5.74, 6) is 0. The van der Waals surface area contributed by atoms with Gasteiger partial charge in [-0.1, -0.05) is 47.8 Å². The van der Waals surface area contributed by atoms with Crippen LogP contribution in [0.1, 0.15) is 4.95 Å². The van der Waals surface area contributed by atoms with E-state index in [-0.39, 0.29) is 0 Å². The zero-order chi connectivity index (χ0) is 23.3. The molecular weight excluding hydrogens is 724 g/mol. The van der Waals surface area contributed by atoms with Crippen molar-refractivity contribution in [3.05, 3.63) is 22.8 Å². The molecule has 2 atom stereocenters. The number of hydrogen-bond donors (Lipinski definition) is 0. The van der Waals surface area contributed by atoms with Gasteiger partial charge in [-0.2, -0.15) is 26.3 Å². The van der Waals surface area contributed by atoms with E-state index in [4.69, 9.17) is 0 Å². The highest BCUT2D eigenvalue weighted by atomic mass is 79.9.